The zero-order chi connectivity index (χ0) is 19.5. The molecule has 5 nitrogen and oxygen atoms in total. The summed E-state index contributed by atoms with van der Waals surface area (Å²) in [5.41, 5.74) is 6.79. The number of hydrogen-bond donors (Lipinski definition) is 2. The van der Waals surface area contributed by atoms with Gasteiger partial charge in [-0.15, -0.1) is 11.3 Å². The van der Waals surface area contributed by atoms with Crippen LogP contribution in [0.2, 0.25) is 0 Å². The summed E-state index contributed by atoms with van der Waals surface area (Å²) >= 11 is 1.63. The zero-order valence-electron chi connectivity index (χ0n) is 15.7. The maximum absolute atomic E-state index is 12.4. The first kappa shape index (κ1) is 18.5. The SMILES string of the molecule is CC(Oc1ccc2ccccc2c1)C(=O)NNC(=O)c1csc2c1CCCC2. The van der Waals surface area contributed by atoms with Crippen molar-refractivity contribution in [1.82, 2.24) is 10.9 Å². The van der Waals surface area contributed by atoms with E-state index in [2.05, 4.69) is 10.9 Å². The second-order valence-corrected chi connectivity index (χ2v) is 7.93. The number of hydrogen-bond acceptors (Lipinski definition) is 4. The Bertz CT molecular complexity index is 1030. The van der Waals surface area contributed by atoms with Crippen LogP contribution in [-0.4, -0.2) is 17.9 Å². The molecule has 2 amide bonds. The highest BCUT2D eigenvalue weighted by atomic mass is 32.1. The Morgan fingerprint density at radius 1 is 1.04 bits per heavy atom. The van der Waals surface area contributed by atoms with Crippen molar-refractivity contribution in [3.8, 4) is 5.75 Å². The lowest BCUT2D eigenvalue weighted by Crippen LogP contribution is -2.47. The topological polar surface area (TPSA) is 67.4 Å². The van der Waals surface area contributed by atoms with E-state index in [1.807, 2.05) is 47.8 Å². The Hall–Kier alpha value is -2.86. The Labute approximate surface area is 167 Å². The molecule has 3 aromatic rings. The van der Waals surface area contributed by atoms with Crippen molar-refractivity contribution in [2.75, 3.05) is 0 Å². The Morgan fingerprint density at radius 3 is 2.68 bits per heavy atom. The minimum atomic E-state index is -0.738. The monoisotopic (exact) mass is 394 g/mol. The molecule has 0 bridgehead atoms. The molecule has 1 aliphatic carbocycles. The number of carbonyl (C=O) groups is 2. The summed E-state index contributed by atoms with van der Waals surface area (Å²) in [7, 11) is 0. The first-order chi connectivity index (χ1) is 13.6. The third-order valence-electron chi connectivity index (χ3n) is 5.01. The third-order valence-corrected chi connectivity index (χ3v) is 6.10. The summed E-state index contributed by atoms with van der Waals surface area (Å²) < 4.78 is 5.74. The van der Waals surface area contributed by atoms with Crippen LogP contribution in [0.15, 0.2) is 47.8 Å². The van der Waals surface area contributed by atoms with Crippen molar-refractivity contribution in [3.63, 3.8) is 0 Å². The molecule has 0 aliphatic heterocycles. The largest absolute Gasteiger partial charge is 0.481 e. The number of hydrazine groups is 1. The van der Waals surface area contributed by atoms with Crippen LogP contribution in [0.25, 0.3) is 10.8 Å². The minimum absolute atomic E-state index is 0.273. The molecule has 0 saturated heterocycles. The van der Waals surface area contributed by atoms with Crippen LogP contribution in [0.4, 0.5) is 0 Å². The number of benzene rings is 2. The molecule has 0 saturated carbocycles. The van der Waals surface area contributed by atoms with Gasteiger partial charge in [0, 0.05) is 10.3 Å². The van der Waals surface area contributed by atoms with Gasteiger partial charge in [0.1, 0.15) is 5.75 Å². The first-order valence-corrected chi connectivity index (χ1v) is 10.3. The van der Waals surface area contributed by atoms with E-state index in [1.165, 1.54) is 11.3 Å². The molecule has 0 radical (unpaired) electrons. The van der Waals surface area contributed by atoms with Gasteiger partial charge in [-0.25, -0.2) is 0 Å². The molecule has 1 unspecified atom stereocenters. The molecular formula is C22H22N2O3S. The smallest absolute Gasteiger partial charge is 0.279 e. The summed E-state index contributed by atoms with van der Waals surface area (Å²) in [5, 5.41) is 4.04. The fraction of sp³-hybridized carbons (Fsp3) is 0.273. The number of ether oxygens (including phenoxy) is 1. The Kier molecular flexibility index (Phi) is 5.30. The van der Waals surface area contributed by atoms with E-state index in [0.717, 1.165) is 35.6 Å². The molecule has 0 fully saturated rings. The summed E-state index contributed by atoms with van der Waals surface area (Å²) in [4.78, 5) is 26.1. The van der Waals surface area contributed by atoms with Gasteiger partial charge < -0.3 is 4.74 Å². The van der Waals surface area contributed by atoms with Gasteiger partial charge in [-0.2, -0.15) is 0 Å². The number of thiophene rings is 1. The highest BCUT2D eigenvalue weighted by Crippen LogP contribution is 2.30. The number of carbonyl (C=O) groups excluding carboxylic acids is 2. The van der Waals surface area contributed by atoms with E-state index in [9.17, 15) is 9.59 Å². The van der Waals surface area contributed by atoms with Crippen LogP contribution >= 0.6 is 11.3 Å². The lowest BCUT2D eigenvalue weighted by atomic mass is 9.96. The van der Waals surface area contributed by atoms with E-state index in [-0.39, 0.29) is 5.91 Å². The number of nitrogens with one attached hydrogen (secondary N) is 2. The first-order valence-electron chi connectivity index (χ1n) is 9.47. The van der Waals surface area contributed by atoms with Gasteiger partial charge >= 0.3 is 0 Å². The number of rotatable bonds is 4. The molecule has 1 aliphatic rings. The standard InChI is InChI=1S/C22H22N2O3S/c1-14(27-17-11-10-15-6-2-3-7-16(15)12-17)21(25)23-24-22(26)19-13-28-20-9-5-4-8-18(19)20/h2-3,6-7,10-14H,4-5,8-9H2,1H3,(H,23,25)(H,24,26). The molecule has 2 N–H and O–H groups in total. The van der Waals surface area contributed by atoms with E-state index in [0.29, 0.717) is 11.3 Å². The average molecular weight is 394 g/mol. The summed E-state index contributed by atoms with van der Waals surface area (Å²) in [6.07, 6.45) is 3.51. The fourth-order valence-corrected chi connectivity index (χ4v) is 4.60. The second-order valence-electron chi connectivity index (χ2n) is 6.97. The predicted molar refractivity (Wildman–Crippen MR) is 111 cm³/mol. The fourth-order valence-electron chi connectivity index (χ4n) is 3.47. The van der Waals surface area contributed by atoms with Gasteiger partial charge in [-0.3, -0.25) is 20.4 Å². The van der Waals surface area contributed by atoms with Gasteiger partial charge in [-0.05, 0) is 61.1 Å². The van der Waals surface area contributed by atoms with Crippen molar-refractivity contribution >= 4 is 33.9 Å². The summed E-state index contributed by atoms with van der Waals surface area (Å²) in [6.45, 7) is 1.66. The van der Waals surface area contributed by atoms with Crippen LogP contribution in [0.1, 0.15) is 40.6 Å². The van der Waals surface area contributed by atoms with Crippen LogP contribution in [0.5, 0.6) is 5.75 Å². The Morgan fingerprint density at radius 2 is 1.82 bits per heavy atom. The number of amides is 2. The van der Waals surface area contributed by atoms with E-state index in [4.69, 9.17) is 4.74 Å². The molecule has 0 spiro atoms. The molecule has 2 aromatic carbocycles. The average Bonchev–Trinajstić information content (AvgIpc) is 3.16. The van der Waals surface area contributed by atoms with Crippen LogP contribution in [-0.2, 0) is 17.6 Å². The van der Waals surface area contributed by atoms with E-state index in [1.54, 1.807) is 18.3 Å². The quantitative estimate of drug-likeness (QED) is 0.657. The highest BCUT2D eigenvalue weighted by Gasteiger charge is 2.21. The van der Waals surface area contributed by atoms with E-state index >= 15 is 0 Å². The maximum Gasteiger partial charge on any atom is 0.279 e. The normalized spacial score (nSPS) is 14.2. The molecule has 28 heavy (non-hydrogen) atoms. The van der Waals surface area contributed by atoms with E-state index < -0.39 is 12.0 Å². The number of aryl methyl sites for hydroxylation is 1. The predicted octanol–water partition coefficient (Wildman–Crippen LogP) is 4.01. The number of fused-ring (bicyclic) bond motifs is 2. The van der Waals surface area contributed by atoms with Crippen molar-refractivity contribution in [2.24, 2.45) is 0 Å². The van der Waals surface area contributed by atoms with Crippen molar-refractivity contribution in [3.05, 3.63) is 63.8 Å². The van der Waals surface area contributed by atoms with Crippen LogP contribution in [0.3, 0.4) is 0 Å². The molecule has 1 aromatic heterocycles. The van der Waals surface area contributed by atoms with Gasteiger partial charge in [0.05, 0.1) is 5.56 Å². The van der Waals surface area contributed by atoms with Crippen molar-refractivity contribution < 1.29 is 14.3 Å². The van der Waals surface area contributed by atoms with Gasteiger partial charge in [0.25, 0.3) is 11.8 Å². The molecule has 144 valence electrons. The van der Waals surface area contributed by atoms with Crippen LogP contribution < -0.4 is 15.6 Å². The zero-order valence-corrected chi connectivity index (χ0v) is 16.5. The molecule has 1 atom stereocenters. The molecule has 6 heteroatoms. The highest BCUT2D eigenvalue weighted by molar-refractivity contribution is 7.10. The molecule has 1 heterocycles. The molecule has 4 rings (SSSR count). The molecular weight excluding hydrogens is 372 g/mol. The Balaban J connectivity index is 1.35. The second kappa shape index (κ2) is 8.02. The lowest BCUT2D eigenvalue weighted by Gasteiger charge is -2.16. The third kappa shape index (κ3) is 3.87. The maximum atomic E-state index is 12.4. The summed E-state index contributed by atoms with van der Waals surface area (Å²) in [5.74, 6) is -0.0594. The minimum Gasteiger partial charge on any atom is -0.481 e. The van der Waals surface area contributed by atoms with Crippen LogP contribution in [0, 0.1) is 0 Å². The lowest BCUT2D eigenvalue weighted by molar-refractivity contribution is -0.128. The van der Waals surface area contributed by atoms with Gasteiger partial charge in [0.15, 0.2) is 6.10 Å². The van der Waals surface area contributed by atoms with Gasteiger partial charge in [-0.1, -0.05) is 30.3 Å². The van der Waals surface area contributed by atoms with Crippen molar-refractivity contribution in [1.29, 1.82) is 0 Å². The summed E-state index contributed by atoms with van der Waals surface area (Å²) in [6, 6.07) is 13.6. The van der Waals surface area contributed by atoms with Crippen molar-refractivity contribution in [2.45, 2.75) is 38.7 Å². The van der Waals surface area contributed by atoms with Gasteiger partial charge in [0.2, 0.25) is 0 Å².